The highest BCUT2D eigenvalue weighted by atomic mass is 32.2. The normalized spacial score (nSPS) is 14.4. The molecule has 0 bridgehead atoms. The number of benzene rings is 2. The summed E-state index contributed by atoms with van der Waals surface area (Å²) in [5.41, 5.74) is 2.98. The first-order chi connectivity index (χ1) is 11.0. The van der Waals surface area contributed by atoms with Gasteiger partial charge in [0.1, 0.15) is 0 Å². The number of hydrogen-bond donors (Lipinski definition) is 0. The Morgan fingerprint density at radius 2 is 1.74 bits per heavy atom. The lowest BCUT2D eigenvalue weighted by Crippen LogP contribution is -2.26. The summed E-state index contributed by atoms with van der Waals surface area (Å²) >= 11 is 0. The van der Waals surface area contributed by atoms with Crippen molar-refractivity contribution in [3.63, 3.8) is 0 Å². The van der Waals surface area contributed by atoms with E-state index in [9.17, 15) is 13.7 Å². The number of rotatable bonds is 2. The van der Waals surface area contributed by atoms with Gasteiger partial charge in [0.2, 0.25) is 0 Å². The van der Waals surface area contributed by atoms with E-state index in [-0.39, 0.29) is 4.90 Å². The highest BCUT2D eigenvalue weighted by molar-refractivity contribution is 7.93. The van der Waals surface area contributed by atoms with Crippen LogP contribution in [0.15, 0.2) is 65.2 Å². The quantitative estimate of drug-likeness (QED) is 0.849. The molecule has 5 heteroatoms. The predicted molar refractivity (Wildman–Crippen MR) is 89.3 cm³/mol. The number of nitriles is 1. The summed E-state index contributed by atoms with van der Waals surface area (Å²) in [4.78, 5) is 0.216. The number of allylic oxidation sites excluding steroid dienone is 1. The zero-order chi connectivity index (χ0) is 16.4. The summed E-state index contributed by atoms with van der Waals surface area (Å²) in [6.45, 7) is 1.91. The molecule has 1 heterocycles. The van der Waals surface area contributed by atoms with E-state index in [0.29, 0.717) is 24.1 Å². The van der Waals surface area contributed by atoms with Crippen molar-refractivity contribution in [2.75, 3.05) is 4.31 Å². The molecule has 0 radical (unpaired) electrons. The predicted octanol–water partition coefficient (Wildman–Crippen LogP) is 3.54. The largest absolute Gasteiger partial charge is 0.268 e. The highest BCUT2D eigenvalue weighted by Gasteiger charge is 2.27. The molecule has 0 N–H and O–H groups in total. The second-order valence-corrected chi connectivity index (χ2v) is 7.32. The van der Waals surface area contributed by atoms with Crippen molar-refractivity contribution in [2.24, 2.45) is 0 Å². The fraction of sp³-hybridized carbons (Fsp3) is 0.167. The molecule has 0 aliphatic carbocycles. The Morgan fingerprint density at radius 3 is 2.43 bits per heavy atom. The molecule has 116 valence electrons. The number of sulfonamides is 1. The van der Waals surface area contributed by atoms with E-state index in [0.717, 1.165) is 11.1 Å². The molecular weight excluding hydrogens is 308 g/mol. The van der Waals surface area contributed by atoms with Crippen LogP contribution in [0.1, 0.15) is 17.5 Å². The van der Waals surface area contributed by atoms with Crippen molar-refractivity contribution in [3.8, 4) is 6.07 Å². The van der Waals surface area contributed by atoms with Crippen LogP contribution in [-0.4, -0.2) is 8.42 Å². The maximum absolute atomic E-state index is 13.0. The van der Waals surface area contributed by atoms with Gasteiger partial charge in [0.15, 0.2) is 0 Å². The van der Waals surface area contributed by atoms with Gasteiger partial charge < -0.3 is 0 Å². The molecule has 0 saturated carbocycles. The highest BCUT2D eigenvalue weighted by Crippen LogP contribution is 2.32. The maximum atomic E-state index is 13.0. The van der Waals surface area contributed by atoms with Crippen LogP contribution in [0.4, 0.5) is 5.69 Å². The Bertz CT molecular complexity index is 907. The number of para-hydroxylation sites is 1. The first-order valence-corrected chi connectivity index (χ1v) is 8.76. The van der Waals surface area contributed by atoms with Gasteiger partial charge >= 0.3 is 0 Å². The molecule has 0 amide bonds. The number of fused-ring (bicyclic) bond motifs is 1. The van der Waals surface area contributed by atoms with Crippen molar-refractivity contribution in [1.82, 2.24) is 0 Å². The molecule has 0 saturated heterocycles. The van der Waals surface area contributed by atoms with Gasteiger partial charge in [-0.15, -0.1) is 0 Å². The van der Waals surface area contributed by atoms with Gasteiger partial charge in [-0.25, -0.2) is 12.7 Å². The van der Waals surface area contributed by atoms with Gasteiger partial charge in [-0.1, -0.05) is 35.9 Å². The average Bonchev–Trinajstić information content (AvgIpc) is 2.75. The van der Waals surface area contributed by atoms with Crippen LogP contribution in [0, 0.1) is 18.3 Å². The van der Waals surface area contributed by atoms with E-state index < -0.39 is 10.0 Å². The van der Waals surface area contributed by atoms with E-state index in [1.54, 1.807) is 30.3 Å². The van der Waals surface area contributed by atoms with Gasteiger partial charge in [0, 0.05) is 11.8 Å². The molecule has 2 aromatic rings. The summed E-state index contributed by atoms with van der Waals surface area (Å²) in [5, 5.41) is 9.25. The molecule has 0 aromatic heterocycles. The molecule has 0 unspecified atom stereocenters. The van der Waals surface area contributed by atoms with Crippen LogP contribution in [0.3, 0.4) is 0 Å². The second-order valence-electron chi connectivity index (χ2n) is 5.51. The lowest BCUT2D eigenvalue weighted by molar-refractivity contribution is 0.595. The first-order valence-electron chi connectivity index (χ1n) is 7.32. The standard InChI is InChI=1S/C18H16N2O2S/c1-14-6-10-17(11-7-14)23(21,22)20-13-15(12-19)8-9-16-4-2-3-5-18(16)20/h2-7,10-11,13H,8-9H2,1H3. The Labute approximate surface area is 136 Å². The number of nitrogens with zero attached hydrogens (tertiary/aromatic N) is 2. The lowest BCUT2D eigenvalue weighted by atomic mass is 10.1. The molecule has 0 spiro atoms. The van der Waals surface area contributed by atoms with Crippen LogP contribution in [0.5, 0.6) is 0 Å². The van der Waals surface area contributed by atoms with Crippen LogP contribution < -0.4 is 4.31 Å². The first kappa shape index (κ1) is 15.3. The Hall–Kier alpha value is -2.58. The smallest absolute Gasteiger partial charge is 0.241 e. The Kier molecular flexibility index (Phi) is 3.93. The molecule has 3 rings (SSSR count). The third-order valence-electron chi connectivity index (χ3n) is 3.89. The molecule has 4 nitrogen and oxygen atoms in total. The van der Waals surface area contributed by atoms with Crippen LogP contribution in [-0.2, 0) is 16.4 Å². The van der Waals surface area contributed by atoms with Gasteiger partial charge in [0.25, 0.3) is 10.0 Å². The van der Waals surface area contributed by atoms with E-state index in [4.69, 9.17) is 0 Å². The summed E-state index contributed by atoms with van der Waals surface area (Å²) in [7, 11) is -3.75. The topological polar surface area (TPSA) is 61.2 Å². The number of hydrogen-bond acceptors (Lipinski definition) is 3. The third kappa shape index (κ3) is 2.86. The van der Waals surface area contributed by atoms with Crippen LogP contribution in [0.25, 0.3) is 0 Å². The zero-order valence-corrected chi connectivity index (χ0v) is 13.5. The second kappa shape index (κ2) is 5.90. The minimum Gasteiger partial charge on any atom is -0.241 e. The zero-order valence-electron chi connectivity index (χ0n) is 12.7. The molecule has 1 aliphatic heterocycles. The molecular formula is C18H16N2O2S. The summed E-state index contributed by atoms with van der Waals surface area (Å²) in [6, 6.07) is 16.2. The van der Waals surface area contributed by atoms with Crippen LogP contribution >= 0.6 is 0 Å². The van der Waals surface area contributed by atoms with Crippen molar-refractivity contribution in [2.45, 2.75) is 24.7 Å². The SMILES string of the molecule is Cc1ccc(S(=O)(=O)N2C=C(C#N)CCc3ccccc32)cc1. The fourth-order valence-corrected chi connectivity index (χ4v) is 4.00. The maximum Gasteiger partial charge on any atom is 0.268 e. The monoisotopic (exact) mass is 324 g/mol. The Morgan fingerprint density at radius 1 is 1.04 bits per heavy atom. The third-order valence-corrected chi connectivity index (χ3v) is 5.58. The van der Waals surface area contributed by atoms with Crippen LogP contribution in [0.2, 0.25) is 0 Å². The molecule has 23 heavy (non-hydrogen) atoms. The van der Waals surface area contributed by atoms with Gasteiger partial charge in [-0.2, -0.15) is 5.26 Å². The van der Waals surface area contributed by atoms with E-state index in [2.05, 4.69) is 6.07 Å². The molecule has 2 aromatic carbocycles. The summed E-state index contributed by atoms with van der Waals surface area (Å²) in [6.07, 6.45) is 2.63. The summed E-state index contributed by atoms with van der Waals surface area (Å²) < 4.78 is 27.3. The minimum atomic E-state index is -3.75. The van der Waals surface area contributed by atoms with Crippen molar-refractivity contribution < 1.29 is 8.42 Å². The molecule has 0 fully saturated rings. The van der Waals surface area contributed by atoms with Crippen molar-refractivity contribution in [1.29, 1.82) is 5.26 Å². The molecule has 0 atom stereocenters. The average molecular weight is 324 g/mol. The summed E-state index contributed by atoms with van der Waals surface area (Å²) in [5.74, 6) is 0. The van der Waals surface area contributed by atoms with Gasteiger partial charge in [0.05, 0.1) is 16.7 Å². The molecule has 1 aliphatic rings. The Balaban J connectivity index is 2.18. The van der Waals surface area contributed by atoms with E-state index in [1.165, 1.54) is 10.5 Å². The van der Waals surface area contributed by atoms with Gasteiger partial charge in [-0.3, -0.25) is 0 Å². The van der Waals surface area contributed by atoms with E-state index >= 15 is 0 Å². The fourth-order valence-electron chi connectivity index (χ4n) is 2.59. The lowest BCUT2D eigenvalue weighted by Gasteiger charge is -2.22. The van der Waals surface area contributed by atoms with Gasteiger partial charge in [-0.05, 0) is 43.5 Å². The number of aryl methyl sites for hydroxylation is 2. The number of anilines is 1. The van der Waals surface area contributed by atoms with Crippen molar-refractivity contribution in [3.05, 3.63) is 71.4 Å². The van der Waals surface area contributed by atoms with E-state index in [1.807, 2.05) is 25.1 Å². The van der Waals surface area contributed by atoms with Crippen molar-refractivity contribution >= 4 is 15.7 Å². The minimum absolute atomic E-state index is 0.216.